The standard InChI is InChI=1S/C6H6N2O5.C5H6N2O3/c9-3(5(11)12)2-1-7-6(13)8-4(2)10;8-2-3-1-6-5(10)7-4(3)9/h1,3,9H,(H,11,12)(H2,7,8,10,13);1,8H,2H2,(H2,6,7,9,10). The van der Waals surface area contributed by atoms with Crippen molar-refractivity contribution in [2.45, 2.75) is 12.7 Å². The zero-order valence-corrected chi connectivity index (χ0v) is 11.3. The summed E-state index contributed by atoms with van der Waals surface area (Å²) in [7, 11) is 0. The molecule has 0 saturated carbocycles. The van der Waals surface area contributed by atoms with Gasteiger partial charge in [0.2, 0.25) is 0 Å². The second-order valence-corrected chi connectivity index (χ2v) is 4.02. The van der Waals surface area contributed by atoms with E-state index in [-0.39, 0.29) is 12.2 Å². The fourth-order valence-electron chi connectivity index (χ4n) is 1.31. The number of aliphatic carboxylic acids is 1. The number of hydrogen-bond acceptors (Lipinski definition) is 7. The molecule has 12 nitrogen and oxygen atoms in total. The first-order valence-corrected chi connectivity index (χ1v) is 5.90. The summed E-state index contributed by atoms with van der Waals surface area (Å²) >= 11 is 0. The van der Waals surface area contributed by atoms with E-state index in [1.165, 1.54) is 6.20 Å². The van der Waals surface area contributed by atoms with Crippen LogP contribution in [0.4, 0.5) is 0 Å². The highest BCUT2D eigenvalue weighted by atomic mass is 16.4. The van der Waals surface area contributed by atoms with Crippen LogP contribution in [0.25, 0.3) is 0 Å². The van der Waals surface area contributed by atoms with Gasteiger partial charge in [-0.25, -0.2) is 14.4 Å². The number of carboxylic acids is 1. The maximum atomic E-state index is 10.9. The van der Waals surface area contributed by atoms with Crippen molar-refractivity contribution in [2.24, 2.45) is 0 Å². The first kappa shape index (κ1) is 17.8. The molecule has 2 aromatic rings. The van der Waals surface area contributed by atoms with Crippen molar-refractivity contribution >= 4 is 5.97 Å². The molecule has 0 spiro atoms. The predicted octanol–water partition coefficient (Wildman–Crippen LogP) is -3.26. The smallest absolute Gasteiger partial charge is 0.337 e. The second-order valence-electron chi connectivity index (χ2n) is 4.02. The third-order valence-corrected chi connectivity index (χ3v) is 2.44. The normalized spacial score (nSPS) is 11.2. The van der Waals surface area contributed by atoms with Crippen LogP contribution in [0.2, 0.25) is 0 Å². The van der Waals surface area contributed by atoms with E-state index in [2.05, 4.69) is 4.98 Å². The summed E-state index contributed by atoms with van der Waals surface area (Å²) in [5, 5.41) is 25.7. The van der Waals surface area contributed by atoms with Gasteiger partial charge >= 0.3 is 17.3 Å². The molecule has 23 heavy (non-hydrogen) atoms. The number of hydrogen-bond donors (Lipinski definition) is 7. The Kier molecular flexibility index (Phi) is 5.94. The maximum Gasteiger partial charge on any atom is 0.337 e. The number of aliphatic hydroxyl groups excluding tert-OH is 2. The minimum absolute atomic E-state index is 0.152. The first-order chi connectivity index (χ1) is 10.8. The van der Waals surface area contributed by atoms with Crippen LogP contribution in [0.3, 0.4) is 0 Å². The Morgan fingerprint density at radius 3 is 1.96 bits per heavy atom. The van der Waals surface area contributed by atoms with Gasteiger partial charge in [-0.3, -0.25) is 19.6 Å². The highest BCUT2D eigenvalue weighted by Gasteiger charge is 2.19. The fourth-order valence-corrected chi connectivity index (χ4v) is 1.31. The molecule has 124 valence electrons. The third-order valence-electron chi connectivity index (χ3n) is 2.44. The Balaban J connectivity index is 0.000000238. The number of aromatic nitrogens is 4. The number of aliphatic hydroxyl groups is 2. The van der Waals surface area contributed by atoms with Gasteiger partial charge in [-0.15, -0.1) is 0 Å². The number of H-pyrrole nitrogens is 4. The summed E-state index contributed by atoms with van der Waals surface area (Å²) in [6.45, 7) is -0.369. The van der Waals surface area contributed by atoms with Gasteiger partial charge < -0.3 is 25.3 Å². The van der Waals surface area contributed by atoms with E-state index < -0.39 is 40.1 Å². The highest BCUT2D eigenvalue weighted by molar-refractivity contribution is 5.73. The number of rotatable bonds is 3. The lowest BCUT2D eigenvalue weighted by atomic mass is 10.2. The molecular weight excluding hydrogens is 316 g/mol. The van der Waals surface area contributed by atoms with E-state index in [9.17, 15) is 24.0 Å². The highest BCUT2D eigenvalue weighted by Crippen LogP contribution is 2.03. The van der Waals surface area contributed by atoms with Crippen LogP contribution in [0.5, 0.6) is 0 Å². The summed E-state index contributed by atoms with van der Waals surface area (Å²) in [6, 6.07) is 0. The summed E-state index contributed by atoms with van der Waals surface area (Å²) < 4.78 is 0. The van der Waals surface area contributed by atoms with Gasteiger partial charge in [0.1, 0.15) is 0 Å². The summed E-state index contributed by atoms with van der Waals surface area (Å²) in [5.41, 5.74) is -3.05. The van der Waals surface area contributed by atoms with Gasteiger partial charge in [0.05, 0.1) is 17.7 Å². The average Bonchev–Trinajstić information content (AvgIpc) is 2.47. The van der Waals surface area contributed by atoms with Crippen molar-refractivity contribution in [1.82, 2.24) is 19.9 Å². The molecule has 1 unspecified atom stereocenters. The Morgan fingerprint density at radius 1 is 1.00 bits per heavy atom. The molecule has 7 N–H and O–H groups in total. The van der Waals surface area contributed by atoms with Gasteiger partial charge in [-0.05, 0) is 0 Å². The molecule has 0 bridgehead atoms. The van der Waals surface area contributed by atoms with E-state index in [1.807, 2.05) is 9.97 Å². The number of nitrogens with one attached hydrogen (secondary N) is 4. The number of carboxylic acid groups (broad SMARTS) is 1. The quantitative estimate of drug-likeness (QED) is 0.303. The lowest BCUT2D eigenvalue weighted by Crippen LogP contribution is -2.28. The van der Waals surface area contributed by atoms with Crippen molar-refractivity contribution in [1.29, 1.82) is 0 Å². The Hall–Kier alpha value is -3.25. The minimum Gasteiger partial charge on any atom is -0.479 e. The van der Waals surface area contributed by atoms with Crippen LogP contribution in [0, 0.1) is 0 Å². The molecule has 2 heterocycles. The number of aromatic amines is 4. The molecule has 0 aliphatic carbocycles. The van der Waals surface area contributed by atoms with Crippen molar-refractivity contribution in [3.05, 3.63) is 65.2 Å². The molecule has 2 rings (SSSR count). The van der Waals surface area contributed by atoms with Gasteiger partial charge in [-0.2, -0.15) is 0 Å². The molecule has 0 radical (unpaired) electrons. The van der Waals surface area contributed by atoms with Crippen molar-refractivity contribution < 1.29 is 20.1 Å². The summed E-state index contributed by atoms with van der Waals surface area (Å²) in [4.78, 5) is 60.6. The molecule has 0 aromatic carbocycles. The van der Waals surface area contributed by atoms with E-state index >= 15 is 0 Å². The average molecular weight is 328 g/mol. The molecule has 0 aliphatic heterocycles. The van der Waals surface area contributed by atoms with Crippen LogP contribution < -0.4 is 22.5 Å². The lowest BCUT2D eigenvalue weighted by Gasteiger charge is -2.01. The van der Waals surface area contributed by atoms with Crippen LogP contribution in [0.1, 0.15) is 17.2 Å². The van der Waals surface area contributed by atoms with Crippen LogP contribution in [0.15, 0.2) is 31.6 Å². The lowest BCUT2D eigenvalue weighted by molar-refractivity contribution is -0.147. The Morgan fingerprint density at radius 2 is 1.52 bits per heavy atom. The van der Waals surface area contributed by atoms with Crippen LogP contribution >= 0.6 is 0 Å². The van der Waals surface area contributed by atoms with Crippen LogP contribution in [-0.2, 0) is 11.4 Å². The van der Waals surface area contributed by atoms with Crippen LogP contribution in [-0.4, -0.2) is 41.2 Å². The minimum atomic E-state index is -1.93. The van der Waals surface area contributed by atoms with Gasteiger partial charge in [0.15, 0.2) is 6.10 Å². The van der Waals surface area contributed by atoms with Crippen molar-refractivity contribution in [2.75, 3.05) is 0 Å². The molecule has 0 aliphatic rings. The zero-order valence-electron chi connectivity index (χ0n) is 11.3. The Bertz CT molecular complexity index is 905. The van der Waals surface area contributed by atoms with E-state index in [4.69, 9.17) is 15.3 Å². The molecule has 12 heteroatoms. The first-order valence-electron chi connectivity index (χ1n) is 5.90. The monoisotopic (exact) mass is 328 g/mol. The van der Waals surface area contributed by atoms with Crippen molar-refractivity contribution in [3.63, 3.8) is 0 Å². The molecule has 0 saturated heterocycles. The maximum absolute atomic E-state index is 10.9. The van der Waals surface area contributed by atoms with E-state index in [0.717, 1.165) is 6.20 Å². The second kappa shape index (κ2) is 7.67. The molecule has 0 amide bonds. The van der Waals surface area contributed by atoms with Gasteiger partial charge in [0.25, 0.3) is 11.1 Å². The predicted molar refractivity (Wildman–Crippen MR) is 73.9 cm³/mol. The van der Waals surface area contributed by atoms with Gasteiger partial charge in [-0.1, -0.05) is 0 Å². The topological polar surface area (TPSA) is 209 Å². The van der Waals surface area contributed by atoms with Crippen molar-refractivity contribution in [3.8, 4) is 0 Å². The SMILES string of the molecule is O=C(O)C(O)c1c[nH]c(=O)[nH]c1=O.O=c1[nH]cc(CO)c(=O)[nH]1. The largest absolute Gasteiger partial charge is 0.479 e. The Labute approximate surface area is 125 Å². The van der Waals surface area contributed by atoms with Gasteiger partial charge in [0, 0.05) is 12.4 Å². The molecular formula is C11H12N4O8. The fraction of sp³-hybridized carbons (Fsp3) is 0.182. The summed E-state index contributed by atoms with van der Waals surface area (Å²) in [6.07, 6.45) is 0.113. The van der Waals surface area contributed by atoms with E-state index in [0.29, 0.717) is 0 Å². The third kappa shape index (κ3) is 4.90. The number of carbonyl (C=O) groups is 1. The summed E-state index contributed by atoms with van der Waals surface area (Å²) in [5.74, 6) is -1.56. The zero-order chi connectivity index (χ0) is 17.6. The molecule has 2 aromatic heterocycles. The molecule has 1 atom stereocenters. The van der Waals surface area contributed by atoms with E-state index in [1.54, 1.807) is 4.98 Å². The molecule has 0 fully saturated rings.